The number of alkyl halides is 1. The third-order valence-electron chi connectivity index (χ3n) is 4.86. The van der Waals surface area contributed by atoms with Crippen molar-refractivity contribution in [3.63, 3.8) is 0 Å². The molecule has 2 bridgehead atoms. The minimum atomic E-state index is -0.866. The summed E-state index contributed by atoms with van der Waals surface area (Å²) in [6.07, 6.45) is 6.18. The summed E-state index contributed by atoms with van der Waals surface area (Å²) in [6.45, 7) is -0.412. The lowest BCUT2D eigenvalue weighted by molar-refractivity contribution is -0.163. The quantitative estimate of drug-likeness (QED) is 0.562. The molecular formula is C16H23ClO6. The van der Waals surface area contributed by atoms with Gasteiger partial charge in [0.05, 0.1) is 13.0 Å². The predicted octanol–water partition coefficient (Wildman–Crippen LogP) is 2.37. The highest BCUT2D eigenvalue weighted by molar-refractivity contribution is 6.26. The first-order valence-corrected chi connectivity index (χ1v) is 8.55. The lowest BCUT2D eigenvalue weighted by atomic mass is 9.60. The summed E-state index contributed by atoms with van der Waals surface area (Å²) in [5.41, 5.74) is -0.494. The Labute approximate surface area is 140 Å². The average molecular weight is 347 g/mol. The van der Waals surface area contributed by atoms with Crippen molar-refractivity contribution in [1.29, 1.82) is 0 Å². The van der Waals surface area contributed by atoms with Gasteiger partial charge in [-0.3, -0.25) is 9.59 Å². The van der Waals surface area contributed by atoms with Gasteiger partial charge < -0.3 is 14.6 Å². The van der Waals surface area contributed by atoms with Crippen LogP contribution < -0.4 is 0 Å². The number of rotatable bonds is 7. The number of carboxylic acid groups (broad SMARTS) is 1. The molecule has 2 fully saturated rings. The van der Waals surface area contributed by atoms with E-state index in [0.29, 0.717) is 11.8 Å². The molecule has 0 heterocycles. The van der Waals surface area contributed by atoms with Crippen molar-refractivity contribution in [2.75, 3.05) is 19.1 Å². The van der Waals surface area contributed by atoms with Crippen LogP contribution in [-0.2, 0) is 23.9 Å². The molecule has 0 radical (unpaired) electrons. The SMILES string of the molecule is O=C(O)CC1(COC(=O)COC(=O)CCl)CC2CCCC(C2)C1. The second kappa shape index (κ2) is 7.99. The molecule has 0 aromatic heterocycles. The summed E-state index contributed by atoms with van der Waals surface area (Å²) in [4.78, 5) is 33.9. The Morgan fingerprint density at radius 1 is 1.09 bits per heavy atom. The maximum absolute atomic E-state index is 11.7. The highest BCUT2D eigenvalue weighted by Gasteiger charge is 2.44. The summed E-state index contributed by atoms with van der Waals surface area (Å²) < 4.78 is 9.84. The molecule has 0 spiro atoms. The van der Waals surface area contributed by atoms with E-state index in [2.05, 4.69) is 4.74 Å². The fourth-order valence-corrected chi connectivity index (χ4v) is 4.25. The van der Waals surface area contributed by atoms with Crippen LogP contribution in [0, 0.1) is 17.3 Å². The number of fused-ring (bicyclic) bond motifs is 2. The molecule has 23 heavy (non-hydrogen) atoms. The summed E-state index contributed by atoms with van der Waals surface area (Å²) in [6, 6.07) is 0. The van der Waals surface area contributed by atoms with Crippen molar-refractivity contribution in [1.82, 2.24) is 0 Å². The maximum atomic E-state index is 11.7. The van der Waals surface area contributed by atoms with Gasteiger partial charge in [-0.2, -0.15) is 0 Å². The Bertz CT molecular complexity index is 451. The zero-order chi connectivity index (χ0) is 16.9. The normalized spacial score (nSPS) is 29.6. The van der Waals surface area contributed by atoms with E-state index < -0.39 is 29.9 Å². The molecule has 2 aliphatic carbocycles. The topological polar surface area (TPSA) is 89.9 Å². The van der Waals surface area contributed by atoms with Crippen LogP contribution in [0.15, 0.2) is 0 Å². The van der Waals surface area contributed by atoms with Gasteiger partial charge in [0.25, 0.3) is 0 Å². The molecular weight excluding hydrogens is 324 g/mol. The monoisotopic (exact) mass is 346 g/mol. The largest absolute Gasteiger partial charge is 0.481 e. The third-order valence-corrected chi connectivity index (χ3v) is 5.08. The van der Waals surface area contributed by atoms with Gasteiger partial charge in [-0.15, -0.1) is 11.6 Å². The molecule has 0 aromatic carbocycles. The van der Waals surface area contributed by atoms with Crippen molar-refractivity contribution >= 4 is 29.5 Å². The Morgan fingerprint density at radius 2 is 1.74 bits per heavy atom. The third kappa shape index (κ3) is 5.37. The molecule has 0 aliphatic heterocycles. The molecule has 130 valence electrons. The number of carbonyl (C=O) groups excluding carboxylic acids is 2. The molecule has 6 nitrogen and oxygen atoms in total. The van der Waals surface area contributed by atoms with E-state index in [9.17, 15) is 19.5 Å². The highest BCUT2D eigenvalue weighted by atomic mass is 35.5. The van der Waals surface area contributed by atoms with Gasteiger partial charge in [-0.05, 0) is 31.1 Å². The molecule has 2 aliphatic rings. The number of carboxylic acids is 1. The van der Waals surface area contributed by atoms with E-state index in [1.165, 1.54) is 6.42 Å². The van der Waals surface area contributed by atoms with Crippen LogP contribution in [0.5, 0.6) is 0 Å². The Balaban J connectivity index is 1.92. The van der Waals surface area contributed by atoms with Crippen LogP contribution in [0.1, 0.15) is 44.9 Å². The first-order chi connectivity index (χ1) is 10.9. The lowest BCUT2D eigenvalue weighted by Crippen LogP contribution is -2.41. The first-order valence-electron chi connectivity index (χ1n) is 8.01. The zero-order valence-corrected chi connectivity index (χ0v) is 13.8. The van der Waals surface area contributed by atoms with Crippen molar-refractivity contribution < 1.29 is 29.0 Å². The van der Waals surface area contributed by atoms with E-state index in [4.69, 9.17) is 16.3 Å². The molecule has 2 unspecified atom stereocenters. The molecule has 2 rings (SSSR count). The number of ether oxygens (including phenoxy) is 2. The smallest absolute Gasteiger partial charge is 0.344 e. The second-order valence-electron chi connectivity index (χ2n) is 6.83. The molecule has 0 saturated heterocycles. The van der Waals surface area contributed by atoms with Crippen LogP contribution in [0.3, 0.4) is 0 Å². The van der Waals surface area contributed by atoms with Gasteiger partial charge in [0.2, 0.25) is 0 Å². The van der Waals surface area contributed by atoms with Crippen molar-refractivity contribution in [2.24, 2.45) is 17.3 Å². The van der Waals surface area contributed by atoms with Crippen molar-refractivity contribution in [3.05, 3.63) is 0 Å². The number of hydrogen-bond acceptors (Lipinski definition) is 5. The zero-order valence-electron chi connectivity index (χ0n) is 13.1. The minimum absolute atomic E-state index is 0.00868. The fraction of sp³-hybridized carbons (Fsp3) is 0.812. The van der Waals surface area contributed by atoms with Crippen LogP contribution in [0.4, 0.5) is 0 Å². The van der Waals surface area contributed by atoms with Crippen molar-refractivity contribution in [2.45, 2.75) is 44.9 Å². The second-order valence-corrected chi connectivity index (χ2v) is 7.10. The van der Waals surface area contributed by atoms with Crippen LogP contribution in [-0.4, -0.2) is 42.1 Å². The molecule has 1 N–H and O–H groups in total. The van der Waals surface area contributed by atoms with Gasteiger partial charge >= 0.3 is 17.9 Å². The average Bonchev–Trinajstić information content (AvgIpc) is 2.49. The van der Waals surface area contributed by atoms with Crippen LogP contribution >= 0.6 is 11.6 Å². The predicted molar refractivity (Wildman–Crippen MR) is 82.0 cm³/mol. The van der Waals surface area contributed by atoms with E-state index in [-0.39, 0.29) is 18.9 Å². The molecule has 0 aromatic rings. The molecule has 7 heteroatoms. The Morgan fingerprint density at radius 3 is 2.30 bits per heavy atom. The molecule has 2 saturated carbocycles. The first kappa shape index (κ1) is 18.0. The number of hydrogen-bond donors (Lipinski definition) is 1. The minimum Gasteiger partial charge on any atom is -0.481 e. The van der Waals surface area contributed by atoms with E-state index in [0.717, 1.165) is 32.1 Å². The number of esters is 2. The highest BCUT2D eigenvalue weighted by Crippen LogP contribution is 2.50. The van der Waals surface area contributed by atoms with Crippen LogP contribution in [0.2, 0.25) is 0 Å². The van der Waals surface area contributed by atoms with Crippen LogP contribution in [0.25, 0.3) is 0 Å². The summed E-state index contributed by atoms with van der Waals surface area (Å²) in [7, 11) is 0. The standard InChI is InChI=1S/C16H23ClO6/c17-8-14(20)22-9-15(21)23-10-16(7-13(18)19)5-11-2-1-3-12(4-11)6-16/h11-12H,1-10H2,(H,18,19). The lowest BCUT2D eigenvalue weighted by Gasteiger charge is -2.46. The van der Waals surface area contributed by atoms with Gasteiger partial charge in [0.15, 0.2) is 6.61 Å². The number of carbonyl (C=O) groups is 3. The van der Waals surface area contributed by atoms with E-state index in [1.54, 1.807) is 0 Å². The van der Waals surface area contributed by atoms with Gasteiger partial charge in [-0.25, -0.2) is 4.79 Å². The van der Waals surface area contributed by atoms with E-state index in [1.807, 2.05) is 0 Å². The number of halogens is 1. The maximum Gasteiger partial charge on any atom is 0.344 e. The molecule has 0 amide bonds. The summed E-state index contributed by atoms with van der Waals surface area (Å²) in [5.74, 6) is -1.49. The summed E-state index contributed by atoms with van der Waals surface area (Å²) >= 11 is 5.28. The van der Waals surface area contributed by atoms with Crippen molar-refractivity contribution in [3.8, 4) is 0 Å². The Hall–Kier alpha value is -1.30. The van der Waals surface area contributed by atoms with E-state index >= 15 is 0 Å². The number of aliphatic carboxylic acids is 1. The van der Waals surface area contributed by atoms with Gasteiger partial charge in [-0.1, -0.05) is 19.3 Å². The van der Waals surface area contributed by atoms with Gasteiger partial charge in [0.1, 0.15) is 5.88 Å². The molecule has 2 atom stereocenters. The van der Waals surface area contributed by atoms with Gasteiger partial charge in [0, 0.05) is 5.41 Å². The Kier molecular flexibility index (Phi) is 6.27. The fourth-order valence-electron chi connectivity index (χ4n) is 4.17. The summed E-state index contributed by atoms with van der Waals surface area (Å²) in [5, 5.41) is 9.24.